The molecule has 68 heavy (non-hydrogen) atoms. The van der Waals surface area contributed by atoms with Crippen molar-refractivity contribution >= 4 is 88.0 Å². The Hall–Kier alpha value is -8.46. The van der Waals surface area contributed by atoms with E-state index in [1.54, 1.807) is 0 Å². The molecule has 2 heteroatoms. The molecule has 0 bridgehead atoms. The highest BCUT2D eigenvalue weighted by Crippen LogP contribution is 2.49. The summed E-state index contributed by atoms with van der Waals surface area (Å²) in [5, 5.41) is 12.1. The molecule has 0 N–H and O–H groups in total. The summed E-state index contributed by atoms with van der Waals surface area (Å²) in [6.07, 6.45) is 0. The van der Waals surface area contributed by atoms with Crippen LogP contribution in [0.1, 0.15) is 26.3 Å². The van der Waals surface area contributed by atoms with Gasteiger partial charge in [0.2, 0.25) is 0 Å². The standard InChI is InChI=1S/C66H50N2/c1-66(2,3)53-32-28-48(29-33-53)64-60-38-36-59(68(55-24-8-5-9-25-55)57-35-31-47-18-12-15-21-51(47)42-57)44-63(60)65(52-27-26-45-16-10-13-19-49(45)40-52)61-39-37-58(43-62(61)64)67(54-22-6-4-7-23-54)56-34-30-46-17-11-14-20-50(46)41-56/h4-44H,1-3H3. The molecule has 0 saturated carbocycles. The maximum absolute atomic E-state index is 2.44. The van der Waals surface area contributed by atoms with Gasteiger partial charge in [-0.25, -0.2) is 0 Å². The molecule has 12 aromatic carbocycles. The molecule has 0 amide bonds. The second-order valence-electron chi connectivity index (χ2n) is 19.0. The van der Waals surface area contributed by atoms with E-state index in [2.05, 4.69) is 279 Å². The Bertz CT molecular complexity index is 3830. The summed E-state index contributed by atoms with van der Waals surface area (Å²) in [4.78, 5) is 4.81. The predicted octanol–water partition coefficient (Wildman–Crippen LogP) is 19.0. The van der Waals surface area contributed by atoms with Crippen molar-refractivity contribution < 1.29 is 0 Å². The summed E-state index contributed by atoms with van der Waals surface area (Å²) in [7, 11) is 0. The van der Waals surface area contributed by atoms with Gasteiger partial charge in [-0.3, -0.25) is 0 Å². The Labute approximate surface area is 398 Å². The Balaban J connectivity index is 1.18. The van der Waals surface area contributed by atoms with Gasteiger partial charge in [0.15, 0.2) is 0 Å². The minimum Gasteiger partial charge on any atom is -0.310 e. The zero-order chi connectivity index (χ0) is 45.8. The van der Waals surface area contributed by atoms with Gasteiger partial charge in [0.05, 0.1) is 0 Å². The highest BCUT2D eigenvalue weighted by atomic mass is 15.1. The summed E-state index contributed by atoms with van der Waals surface area (Å²) in [5.74, 6) is 0. The second kappa shape index (κ2) is 16.8. The van der Waals surface area contributed by atoms with Crippen LogP contribution in [-0.2, 0) is 5.41 Å². The van der Waals surface area contributed by atoms with E-state index in [4.69, 9.17) is 0 Å². The van der Waals surface area contributed by atoms with Crippen molar-refractivity contribution in [2.24, 2.45) is 0 Å². The molecule has 0 saturated heterocycles. The molecule has 0 unspecified atom stereocenters. The monoisotopic (exact) mass is 870 g/mol. The lowest BCUT2D eigenvalue weighted by molar-refractivity contribution is 0.590. The van der Waals surface area contributed by atoms with E-state index in [0.717, 1.165) is 34.1 Å². The van der Waals surface area contributed by atoms with E-state index in [9.17, 15) is 0 Å². The molecule has 0 aromatic heterocycles. The summed E-state index contributed by atoms with van der Waals surface area (Å²) >= 11 is 0. The van der Waals surface area contributed by atoms with Crippen molar-refractivity contribution in [1.29, 1.82) is 0 Å². The van der Waals surface area contributed by atoms with Crippen molar-refractivity contribution in [3.8, 4) is 22.3 Å². The lowest BCUT2D eigenvalue weighted by Crippen LogP contribution is -2.11. The molecule has 0 heterocycles. The fraction of sp³-hybridized carbons (Fsp3) is 0.0606. The first-order chi connectivity index (χ1) is 33.3. The highest BCUT2D eigenvalue weighted by Gasteiger charge is 2.23. The second-order valence-corrected chi connectivity index (χ2v) is 19.0. The molecule has 12 rings (SSSR count). The van der Waals surface area contributed by atoms with Gasteiger partial charge in [0.1, 0.15) is 0 Å². The molecule has 0 aliphatic rings. The zero-order valence-electron chi connectivity index (χ0n) is 38.6. The minimum atomic E-state index is 0.0182. The largest absolute Gasteiger partial charge is 0.310 e. The Morgan fingerprint density at radius 3 is 1.06 bits per heavy atom. The molecule has 12 aromatic rings. The fourth-order valence-electron chi connectivity index (χ4n) is 10.3. The van der Waals surface area contributed by atoms with E-state index in [1.165, 1.54) is 81.7 Å². The molecule has 0 atom stereocenters. The topological polar surface area (TPSA) is 6.48 Å². The van der Waals surface area contributed by atoms with Crippen LogP contribution in [0.3, 0.4) is 0 Å². The van der Waals surface area contributed by atoms with Gasteiger partial charge >= 0.3 is 0 Å². The summed E-state index contributed by atoms with van der Waals surface area (Å²) in [6.45, 7) is 6.87. The molecule has 0 radical (unpaired) electrons. The lowest BCUT2D eigenvalue weighted by atomic mass is 9.83. The van der Waals surface area contributed by atoms with Crippen LogP contribution in [0.15, 0.2) is 249 Å². The number of para-hydroxylation sites is 2. The number of hydrogen-bond acceptors (Lipinski definition) is 2. The van der Waals surface area contributed by atoms with Gasteiger partial charge in [0.25, 0.3) is 0 Å². The van der Waals surface area contributed by atoms with Crippen LogP contribution < -0.4 is 9.80 Å². The van der Waals surface area contributed by atoms with Gasteiger partial charge < -0.3 is 9.80 Å². The molecule has 0 spiro atoms. The first-order valence-corrected chi connectivity index (χ1v) is 23.7. The third kappa shape index (κ3) is 7.41. The van der Waals surface area contributed by atoms with Crippen molar-refractivity contribution in [2.75, 3.05) is 9.80 Å². The van der Waals surface area contributed by atoms with Crippen LogP contribution in [0.25, 0.3) is 76.1 Å². The smallest absolute Gasteiger partial charge is 0.0468 e. The van der Waals surface area contributed by atoms with Gasteiger partial charge in [-0.15, -0.1) is 0 Å². The zero-order valence-corrected chi connectivity index (χ0v) is 38.6. The van der Waals surface area contributed by atoms with Gasteiger partial charge in [-0.05, 0) is 166 Å². The van der Waals surface area contributed by atoms with Crippen LogP contribution in [-0.4, -0.2) is 0 Å². The van der Waals surface area contributed by atoms with Crippen molar-refractivity contribution in [2.45, 2.75) is 26.2 Å². The maximum atomic E-state index is 2.44. The summed E-state index contributed by atoms with van der Waals surface area (Å²) < 4.78 is 0. The lowest BCUT2D eigenvalue weighted by Gasteiger charge is -2.28. The highest BCUT2D eigenvalue weighted by molar-refractivity contribution is 6.23. The number of hydrogen-bond donors (Lipinski definition) is 0. The van der Waals surface area contributed by atoms with Gasteiger partial charge in [-0.2, -0.15) is 0 Å². The Kier molecular flexibility index (Phi) is 10.1. The quantitative estimate of drug-likeness (QED) is 0.140. The average molecular weight is 871 g/mol. The van der Waals surface area contributed by atoms with Crippen molar-refractivity contribution in [1.82, 2.24) is 0 Å². The normalized spacial score (nSPS) is 11.8. The molecule has 0 aliphatic heterocycles. The molecular weight excluding hydrogens is 821 g/mol. The summed E-state index contributed by atoms with van der Waals surface area (Å²) in [5.41, 5.74) is 12.8. The number of nitrogens with zero attached hydrogens (tertiary/aromatic N) is 2. The predicted molar refractivity (Wildman–Crippen MR) is 293 cm³/mol. The third-order valence-corrected chi connectivity index (χ3v) is 13.7. The molecular formula is C66H50N2. The maximum Gasteiger partial charge on any atom is 0.0468 e. The van der Waals surface area contributed by atoms with E-state index in [-0.39, 0.29) is 5.41 Å². The number of benzene rings is 12. The first-order valence-electron chi connectivity index (χ1n) is 23.7. The van der Waals surface area contributed by atoms with Crippen molar-refractivity contribution in [3.63, 3.8) is 0 Å². The van der Waals surface area contributed by atoms with E-state index in [1.807, 2.05) is 0 Å². The van der Waals surface area contributed by atoms with Crippen molar-refractivity contribution in [3.05, 3.63) is 254 Å². The van der Waals surface area contributed by atoms with E-state index < -0.39 is 0 Å². The number of rotatable bonds is 8. The molecule has 0 fully saturated rings. The van der Waals surface area contributed by atoms with Crippen LogP contribution in [0.5, 0.6) is 0 Å². The molecule has 0 aliphatic carbocycles. The molecule has 324 valence electrons. The minimum absolute atomic E-state index is 0.0182. The number of fused-ring (bicyclic) bond motifs is 5. The van der Waals surface area contributed by atoms with E-state index in [0.29, 0.717) is 0 Å². The Morgan fingerprint density at radius 1 is 0.250 bits per heavy atom. The summed E-state index contributed by atoms with van der Waals surface area (Å²) in [6, 6.07) is 91.7. The van der Waals surface area contributed by atoms with Crippen LogP contribution in [0.2, 0.25) is 0 Å². The van der Waals surface area contributed by atoms with Crippen LogP contribution in [0.4, 0.5) is 34.1 Å². The Morgan fingerprint density at radius 2 is 0.603 bits per heavy atom. The SMILES string of the molecule is CC(C)(C)c1ccc(-c2c3ccc(N(c4ccccc4)c4ccc5ccccc5c4)cc3c(-c3ccc4ccccc4c3)c3ccc(N(c4ccccc4)c4ccc5ccccc5c4)cc23)cc1. The first kappa shape index (κ1) is 41.0. The van der Waals surface area contributed by atoms with Crippen LogP contribution in [0, 0.1) is 0 Å². The van der Waals surface area contributed by atoms with E-state index >= 15 is 0 Å². The van der Waals surface area contributed by atoms with Crippen LogP contribution >= 0.6 is 0 Å². The third-order valence-electron chi connectivity index (χ3n) is 13.7. The van der Waals surface area contributed by atoms with Gasteiger partial charge in [-0.1, -0.05) is 191 Å². The van der Waals surface area contributed by atoms with Gasteiger partial charge in [0, 0.05) is 34.1 Å². The fourth-order valence-corrected chi connectivity index (χ4v) is 10.3. The average Bonchev–Trinajstić information content (AvgIpc) is 3.38. The number of anilines is 6. The molecule has 2 nitrogen and oxygen atoms in total.